The highest BCUT2D eigenvalue weighted by atomic mass is 16.5. The summed E-state index contributed by atoms with van der Waals surface area (Å²) in [4.78, 5) is 12.2. The Hall–Kier alpha value is -1.65. The summed E-state index contributed by atoms with van der Waals surface area (Å²) in [5.41, 5.74) is 2.51. The van der Waals surface area contributed by atoms with Crippen LogP contribution in [-0.4, -0.2) is 51.5 Å². The van der Waals surface area contributed by atoms with E-state index in [1.165, 1.54) is 56.3 Å². The Kier molecular flexibility index (Phi) is 20.1. The molecule has 1 unspecified atom stereocenters. The molecule has 1 aromatic carbocycles. The summed E-state index contributed by atoms with van der Waals surface area (Å²) < 4.78 is 5.71. The lowest BCUT2D eigenvalue weighted by molar-refractivity contribution is -0.107. The Morgan fingerprint density at radius 1 is 1.22 bits per heavy atom. The van der Waals surface area contributed by atoms with E-state index in [1.807, 2.05) is 13.1 Å². The fourth-order valence-electron chi connectivity index (χ4n) is 3.46. The van der Waals surface area contributed by atoms with Crippen molar-refractivity contribution in [3.8, 4) is 5.75 Å². The predicted molar refractivity (Wildman–Crippen MR) is 140 cm³/mol. The van der Waals surface area contributed by atoms with Gasteiger partial charge in [-0.3, -0.25) is 0 Å². The second-order valence-electron chi connectivity index (χ2n) is 8.90. The normalized spacial score (nSPS) is 15.2. The van der Waals surface area contributed by atoms with Crippen molar-refractivity contribution >= 4 is 6.29 Å². The second-order valence-corrected chi connectivity index (χ2v) is 8.90. The lowest BCUT2D eigenvalue weighted by Gasteiger charge is -2.10. The van der Waals surface area contributed by atoms with Crippen LogP contribution in [0, 0.1) is 12.8 Å². The molecule has 32 heavy (non-hydrogen) atoms. The Bertz CT molecular complexity index is 581. The van der Waals surface area contributed by atoms with Gasteiger partial charge in [0.1, 0.15) is 12.0 Å². The Labute approximate surface area is 198 Å². The maximum absolute atomic E-state index is 9.84. The van der Waals surface area contributed by atoms with Crippen LogP contribution < -0.4 is 10.1 Å². The summed E-state index contributed by atoms with van der Waals surface area (Å²) in [6.07, 6.45) is 13.2. The monoisotopic (exact) mass is 446 g/mol. The summed E-state index contributed by atoms with van der Waals surface area (Å²) in [5.74, 6) is 1.94. The van der Waals surface area contributed by atoms with E-state index in [0.29, 0.717) is 6.61 Å². The van der Waals surface area contributed by atoms with Gasteiger partial charge in [0.05, 0.1) is 6.61 Å². The molecule has 1 atom stereocenters. The van der Waals surface area contributed by atoms with Gasteiger partial charge in [-0.25, -0.2) is 0 Å². The van der Waals surface area contributed by atoms with Crippen LogP contribution in [0.2, 0.25) is 0 Å². The van der Waals surface area contributed by atoms with Crippen molar-refractivity contribution in [3.05, 3.63) is 42.0 Å². The molecule has 2 rings (SSSR count). The third kappa shape index (κ3) is 17.0. The van der Waals surface area contributed by atoms with Crippen LogP contribution in [-0.2, 0) is 11.2 Å². The van der Waals surface area contributed by atoms with Gasteiger partial charge in [0.15, 0.2) is 0 Å². The van der Waals surface area contributed by atoms with Crippen molar-refractivity contribution < 1.29 is 9.53 Å². The fraction of sp³-hybridized carbons (Fsp3) is 0.679. The number of aldehydes is 1. The SMILES string of the molecule is C=CCCOc1cc(CCNC)ccc1C.CC1CCN(C)C1.CCCCCCCC=O. The van der Waals surface area contributed by atoms with Gasteiger partial charge in [0.2, 0.25) is 0 Å². The Morgan fingerprint density at radius 2 is 1.97 bits per heavy atom. The van der Waals surface area contributed by atoms with Crippen LogP contribution in [0.1, 0.15) is 76.3 Å². The first-order valence-corrected chi connectivity index (χ1v) is 12.6. The summed E-state index contributed by atoms with van der Waals surface area (Å²) in [6, 6.07) is 6.41. The first kappa shape index (κ1) is 30.4. The molecule has 0 aromatic heterocycles. The van der Waals surface area contributed by atoms with Crippen LogP contribution >= 0.6 is 0 Å². The maximum Gasteiger partial charge on any atom is 0.122 e. The van der Waals surface area contributed by atoms with E-state index in [4.69, 9.17) is 4.74 Å². The Balaban J connectivity index is 0.000000505. The van der Waals surface area contributed by atoms with Gasteiger partial charge in [-0.15, -0.1) is 6.58 Å². The van der Waals surface area contributed by atoms with E-state index < -0.39 is 0 Å². The smallest absolute Gasteiger partial charge is 0.122 e. The standard InChI is InChI=1S/C14H21NO.C8H16O.C6H13N/c1-4-5-10-16-14-11-13(8-9-15-3)7-6-12(14)2;1-2-3-4-5-6-7-8-9;1-6-3-4-7(2)5-6/h4,6-7,11,15H,1,5,8-10H2,2-3H3;8H,2-7H2,1H3;6H,3-5H2,1-2H3. The third-order valence-corrected chi connectivity index (χ3v) is 5.55. The third-order valence-electron chi connectivity index (χ3n) is 5.55. The summed E-state index contributed by atoms with van der Waals surface area (Å²) in [7, 11) is 4.15. The molecule has 184 valence electrons. The van der Waals surface area contributed by atoms with E-state index in [0.717, 1.165) is 50.2 Å². The Morgan fingerprint density at radius 3 is 2.50 bits per heavy atom. The van der Waals surface area contributed by atoms with Gasteiger partial charge >= 0.3 is 0 Å². The number of rotatable bonds is 13. The molecule has 1 saturated heterocycles. The van der Waals surface area contributed by atoms with Crippen molar-refractivity contribution in [3.63, 3.8) is 0 Å². The second kappa shape index (κ2) is 21.2. The molecule has 0 saturated carbocycles. The molecule has 0 amide bonds. The molecule has 1 aliphatic rings. The van der Waals surface area contributed by atoms with Crippen molar-refractivity contribution in [1.82, 2.24) is 10.2 Å². The molecule has 1 aliphatic heterocycles. The van der Waals surface area contributed by atoms with Crippen molar-refractivity contribution in [1.29, 1.82) is 0 Å². The number of unbranched alkanes of at least 4 members (excludes halogenated alkanes) is 5. The molecule has 1 aromatic rings. The van der Waals surface area contributed by atoms with Crippen LogP contribution in [0.15, 0.2) is 30.9 Å². The average molecular weight is 447 g/mol. The van der Waals surface area contributed by atoms with Gasteiger partial charge < -0.3 is 19.7 Å². The molecule has 4 nitrogen and oxygen atoms in total. The highest BCUT2D eigenvalue weighted by molar-refractivity contribution is 5.48. The highest BCUT2D eigenvalue weighted by Crippen LogP contribution is 2.20. The minimum absolute atomic E-state index is 0.708. The molecular weight excluding hydrogens is 396 g/mol. The largest absolute Gasteiger partial charge is 0.493 e. The number of ether oxygens (including phenoxy) is 1. The number of hydrogen-bond donors (Lipinski definition) is 1. The van der Waals surface area contributed by atoms with Gasteiger partial charge in [-0.1, -0.05) is 57.7 Å². The molecule has 1 heterocycles. The quantitative estimate of drug-likeness (QED) is 0.222. The summed E-state index contributed by atoms with van der Waals surface area (Å²) >= 11 is 0. The van der Waals surface area contributed by atoms with E-state index in [1.54, 1.807) is 0 Å². The van der Waals surface area contributed by atoms with Crippen LogP contribution in [0.4, 0.5) is 0 Å². The minimum atomic E-state index is 0.708. The number of likely N-dealkylation sites (N-methyl/N-ethyl adjacent to an activating group) is 1. The van der Waals surface area contributed by atoms with Crippen LogP contribution in [0.25, 0.3) is 0 Å². The molecule has 0 bridgehead atoms. The van der Waals surface area contributed by atoms with Crippen molar-refractivity contribution in [2.24, 2.45) is 5.92 Å². The highest BCUT2D eigenvalue weighted by Gasteiger charge is 2.13. The van der Waals surface area contributed by atoms with Crippen LogP contribution in [0.3, 0.4) is 0 Å². The zero-order valence-corrected chi connectivity index (χ0v) is 21.6. The minimum Gasteiger partial charge on any atom is -0.493 e. The number of hydrogen-bond acceptors (Lipinski definition) is 4. The zero-order chi connectivity index (χ0) is 24.0. The summed E-state index contributed by atoms with van der Waals surface area (Å²) in [6.45, 7) is 14.6. The number of benzene rings is 1. The molecule has 0 radical (unpaired) electrons. The predicted octanol–water partition coefficient (Wildman–Crippen LogP) is 6.22. The maximum atomic E-state index is 9.84. The van der Waals surface area contributed by atoms with Crippen LogP contribution in [0.5, 0.6) is 5.75 Å². The molecule has 0 spiro atoms. The number of nitrogens with one attached hydrogen (secondary N) is 1. The lowest BCUT2D eigenvalue weighted by atomic mass is 10.1. The van der Waals surface area contributed by atoms with Gasteiger partial charge in [-0.05, 0) is 82.9 Å². The number of aryl methyl sites for hydroxylation is 1. The molecular formula is C28H50N2O2. The van der Waals surface area contributed by atoms with E-state index in [-0.39, 0.29) is 0 Å². The van der Waals surface area contributed by atoms with Gasteiger partial charge in [0.25, 0.3) is 0 Å². The topological polar surface area (TPSA) is 41.6 Å². The molecule has 0 aliphatic carbocycles. The van der Waals surface area contributed by atoms with E-state index >= 15 is 0 Å². The molecule has 1 fully saturated rings. The molecule has 4 heteroatoms. The number of carbonyl (C=O) groups excluding carboxylic acids is 1. The summed E-state index contributed by atoms with van der Waals surface area (Å²) in [5, 5.41) is 3.15. The van der Waals surface area contributed by atoms with E-state index in [9.17, 15) is 4.79 Å². The van der Waals surface area contributed by atoms with Crippen molar-refractivity contribution in [2.75, 3.05) is 40.3 Å². The number of carbonyl (C=O) groups is 1. The zero-order valence-electron chi connectivity index (χ0n) is 21.6. The van der Waals surface area contributed by atoms with Crippen molar-refractivity contribution in [2.45, 2.75) is 78.6 Å². The molecule has 1 N–H and O–H groups in total. The number of nitrogens with zero attached hydrogens (tertiary/aromatic N) is 1. The van der Waals surface area contributed by atoms with E-state index in [2.05, 4.69) is 62.8 Å². The lowest BCUT2D eigenvalue weighted by Crippen LogP contribution is -2.12. The van der Waals surface area contributed by atoms with Gasteiger partial charge in [-0.2, -0.15) is 0 Å². The van der Waals surface area contributed by atoms with Gasteiger partial charge in [0, 0.05) is 13.0 Å². The number of likely N-dealkylation sites (tertiary alicyclic amines) is 1. The fourth-order valence-corrected chi connectivity index (χ4v) is 3.46. The first-order valence-electron chi connectivity index (χ1n) is 12.6. The average Bonchev–Trinajstić information content (AvgIpc) is 3.17. The first-order chi connectivity index (χ1) is 15.5.